The molecule has 0 spiro atoms. The number of methoxy groups -OCH3 is 1. The van der Waals surface area contributed by atoms with Crippen LogP contribution in [0.1, 0.15) is 19.3 Å². The highest BCUT2D eigenvalue weighted by molar-refractivity contribution is 5.81. The molecule has 0 radical (unpaired) electrons. The molecule has 2 aromatic carbocycles. The van der Waals surface area contributed by atoms with Gasteiger partial charge in [0.15, 0.2) is 11.5 Å². The summed E-state index contributed by atoms with van der Waals surface area (Å²) in [5.74, 6) is 2.02. The molecular formula is C26H32N4O5. The summed E-state index contributed by atoms with van der Waals surface area (Å²) in [6.07, 6.45) is 2.45. The number of fused-ring (bicyclic) bond motifs is 2. The summed E-state index contributed by atoms with van der Waals surface area (Å²) in [6, 6.07) is 11.5. The fourth-order valence-corrected chi connectivity index (χ4v) is 4.82. The molecule has 0 amide bonds. The predicted molar refractivity (Wildman–Crippen MR) is 135 cm³/mol. The zero-order valence-electron chi connectivity index (χ0n) is 20.1. The fraction of sp³-hybridized carbons (Fsp3) is 0.462. The van der Waals surface area contributed by atoms with Crippen LogP contribution in [-0.2, 0) is 6.54 Å². The van der Waals surface area contributed by atoms with Gasteiger partial charge in [-0.2, -0.15) is 0 Å². The summed E-state index contributed by atoms with van der Waals surface area (Å²) < 4.78 is 18.2. The maximum Gasteiger partial charge on any atom is 0.328 e. The van der Waals surface area contributed by atoms with Crippen molar-refractivity contribution in [3.63, 3.8) is 0 Å². The SMILES string of the molecule is COc1ccccc1N1CCN(CCCCn2c(=O)[nH]c3cc4c(cc3c2=O)OCCCO4)CC1. The number of aromatic amines is 1. The molecule has 0 saturated carbocycles. The van der Waals surface area contributed by atoms with E-state index in [4.69, 9.17) is 14.2 Å². The zero-order valence-corrected chi connectivity index (χ0v) is 20.1. The van der Waals surface area contributed by atoms with Crippen molar-refractivity contribution in [1.82, 2.24) is 14.5 Å². The quantitative estimate of drug-likeness (QED) is 0.520. The summed E-state index contributed by atoms with van der Waals surface area (Å²) in [6.45, 7) is 6.26. The molecule has 5 rings (SSSR count). The lowest BCUT2D eigenvalue weighted by molar-refractivity contribution is 0.250. The van der Waals surface area contributed by atoms with Crippen LogP contribution in [0.4, 0.5) is 5.69 Å². The Morgan fingerprint density at radius 2 is 1.66 bits per heavy atom. The van der Waals surface area contributed by atoms with Crippen molar-refractivity contribution >= 4 is 16.6 Å². The van der Waals surface area contributed by atoms with Crippen molar-refractivity contribution in [3.05, 3.63) is 57.2 Å². The molecule has 0 bridgehead atoms. The van der Waals surface area contributed by atoms with Gasteiger partial charge < -0.3 is 24.1 Å². The topological polar surface area (TPSA) is 89.0 Å². The average molecular weight is 481 g/mol. The predicted octanol–water partition coefficient (Wildman–Crippen LogP) is 2.46. The van der Waals surface area contributed by atoms with Crippen molar-refractivity contribution < 1.29 is 14.2 Å². The molecule has 1 fully saturated rings. The van der Waals surface area contributed by atoms with Gasteiger partial charge in [0.1, 0.15) is 5.75 Å². The van der Waals surface area contributed by atoms with Crippen LogP contribution in [0.3, 0.4) is 0 Å². The summed E-state index contributed by atoms with van der Waals surface area (Å²) in [5, 5.41) is 0.446. The number of aromatic nitrogens is 2. The number of rotatable bonds is 7. The lowest BCUT2D eigenvalue weighted by Gasteiger charge is -2.36. The molecule has 0 aliphatic carbocycles. The third-order valence-electron chi connectivity index (χ3n) is 6.75. The number of ether oxygens (including phenoxy) is 3. The monoisotopic (exact) mass is 480 g/mol. The Hall–Kier alpha value is -3.46. The molecule has 3 heterocycles. The second-order valence-corrected chi connectivity index (χ2v) is 8.99. The van der Waals surface area contributed by atoms with E-state index in [1.807, 2.05) is 18.2 Å². The summed E-state index contributed by atoms with van der Waals surface area (Å²) >= 11 is 0. The number of unbranched alkanes of at least 4 members (excludes halogenated alkanes) is 1. The van der Waals surface area contributed by atoms with Crippen molar-refractivity contribution in [2.75, 3.05) is 57.9 Å². The van der Waals surface area contributed by atoms with Gasteiger partial charge in [-0.3, -0.25) is 14.3 Å². The van der Waals surface area contributed by atoms with Gasteiger partial charge in [0.25, 0.3) is 5.56 Å². The number of hydrogen-bond donors (Lipinski definition) is 1. The van der Waals surface area contributed by atoms with Crippen LogP contribution in [0.2, 0.25) is 0 Å². The number of hydrogen-bond acceptors (Lipinski definition) is 7. The first-order chi connectivity index (χ1) is 17.1. The van der Waals surface area contributed by atoms with Crippen molar-refractivity contribution in [3.8, 4) is 17.2 Å². The zero-order chi connectivity index (χ0) is 24.2. The highest BCUT2D eigenvalue weighted by atomic mass is 16.5. The molecule has 2 aliphatic rings. The molecule has 1 N–H and O–H groups in total. The smallest absolute Gasteiger partial charge is 0.328 e. The minimum absolute atomic E-state index is 0.287. The van der Waals surface area contributed by atoms with E-state index in [1.54, 1.807) is 19.2 Å². The largest absolute Gasteiger partial charge is 0.495 e. The van der Waals surface area contributed by atoms with E-state index in [0.717, 1.165) is 63.4 Å². The van der Waals surface area contributed by atoms with Crippen LogP contribution in [0.15, 0.2) is 46.0 Å². The van der Waals surface area contributed by atoms with Gasteiger partial charge in [-0.25, -0.2) is 4.79 Å². The number of H-pyrrole nitrogens is 1. The first-order valence-electron chi connectivity index (χ1n) is 12.3. The Balaban J connectivity index is 1.17. The molecule has 35 heavy (non-hydrogen) atoms. The normalized spacial score (nSPS) is 16.3. The van der Waals surface area contributed by atoms with Gasteiger partial charge >= 0.3 is 5.69 Å². The maximum absolute atomic E-state index is 13.1. The first-order valence-corrected chi connectivity index (χ1v) is 12.3. The number of nitrogens with zero attached hydrogens (tertiary/aromatic N) is 3. The van der Waals surface area contributed by atoms with E-state index in [-0.39, 0.29) is 11.2 Å². The molecule has 9 nitrogen and oxygen atoms in total. The summed E-state index contributed by atoms with van der Waals surface area (Å²) in [4.78, 5) is 33.3. The van der Waals surface area contributed by atoms with Gasteiger partial charge in [0.2, 0.25) is 0 Å². The summed E-state index contributed by atoms with van der Waals surface area (Å²) in [5.41, 5.74) is 0.944. The standard InChI is InChI=1S/C26H32N4O5/c1-33-22-8-3-2-7-21(22)29-13-11-28(12-14-29)9-4-5-10-30-25(31)19-17-23-24(35-16-6-15-34-23)18-20(19)27-26(30)32/h2-3,7-8,17-18H,4-6,9-16H2,1H3,(H,27,32). The molecule has 186 valence electrons. The highest BCUT2D eigenvalue weighted by Gasteiger charge is 2.19. The Morgan fingerprint density at radius 1 is 0.943 bits per heavy atom. The van der Waals surface area contributed by atoms with E-state index < -0.39 is 0 Å². The van der Waals surface area contributed by atoms with Crippen LogP contribution < -0.4 is 30.4 Å². The molecule has 0 unspecified atom stereocenters. The van der Waals surface area contributed by atoms with E-state index in [2.05, 4.69) is 20.9 Å². The number of anilines is 1. The number of piperazine rings is 1. The molecule has 9 heteroatoms. The Labute approximate surface area is 203 Å². The molecule has 0 atom stereocenters. The van der Waals surface area contributed by atoms with Crippen LogP contribution in [0, 0.1) is 0 Å². The Kier molecular flexibility index (Phi) is 6.94. The molecule has 3 aromatic rings. The minimum Gasteiger partial charge on any atom is -0.495 e. The van der Waals surface area contributed by atoms with Crippen LogP contribution >= 0.6 is 0 Å². The van der Waals surface area contributed by atoms with E-state index >= 15 is 0 Å². The van der Waals surface area contributed by atoms with Crippen molar-refractivity contribution in [1.29, 1.82) is 0 Å². The molecule has 2 aliphatic heterocycles. The summed E-state index contributed by atoms with van der Waals surface area (Å²) in [7, 11) is 1.71. The van der Waals surface area contributed by atoms with Crippen LogP contribution in [0.25, 0.3) is 10.9 Å². The fourth-order valence-electron chi connectivity index (χ4n) is 4.82. The van der Waals surface area contributed by atoms with Crippen LogP contribution in [-0.4, -0.2) is 67.5 Å². The van der Waals surface area contributed by atoms with Gasteiger partial charge in [0.05, 0.1) is 36.9 Å². The second-order valence-electron chi connectivity index (χ2n) is 8.99. The first kappa shape index (κ1) is 23.3. The third kappa shape index (κ3) is 5.00. The van der Waals surface area contributed by atoms with E-state index in [1.165, 1.54) is 4.57 Å². The molecule has 1 aromatic heterocycles. The minimum atomic E-state index is -0.387. The average Bonchev–Trinajstić information content (AvgIpc) is 3.12. The second kappa shape index (κ2) is 10.4. The van der Waals surface area contributed by atoms with Crippen molar-refractivity contribution in [2.24, 2.45) is 0 Å². The number of para-hydroxylation sites is 2. The number of benzene rings is 2. The van der Waals surface area contributed by atoms with Gasteiger partial charge in [-0.15, -0.1) is 0 Å². The van der Waals surface area contributed by atoms with Gasteiger partial charge in [0, 0.05) is 45.2 Å². The van der Waals surface area contributed by atoms with Crippen molar-refractivity contribution in [2.45, 2.75) is 25.8 Å². The molecular weight excluding hydrogens is 448 g/mol. The molecule has 1 saturated heterocycles. The maximum atomic E-state index is 13.1. The van der Waals surface area contributed by atoms with Gasteiger partial charge in [-0.1, -0.05) is 12.1 Å². The van der Waals surface area contributed by atoms with Crippen LogP contribution in [0.5, 0.6) is 17.2 Å². The lowest BCUT2D eigenvalue weighted by Crippen LogP contribution is -2.46. The third-order valence-corrected chi connectivity index (χ3v) is 6.75. The Morgan fingerprint density at radius 3 is 2.43 bits per heavy atom. The number of nitrogens with one attached hydrogen (secondary N) is 1. The lowest BCUT2D eigenvalue weighted by atomic mass is 10.2. The van der Waals surface area contributed by atoms with E-state index in [0.29, 0.717) is 42.2 Å². The highest BCUT2D eigenvalue weighted by Crippen LogP contribution is 2.32. The Bertz CT molecular complexity index is 1290. The van der Waals surface area contributed by atoms with Gasteiger partial charge in [-0.05, 0) is 37.6 Å². The van der Waals surface area contributed by atoms with E-state index in [9.17, 15) is 9.59 Å².